The lowest BCUT2D eigenvalue weighted by molar-refractivity contribution is -0.384. The van der Waals surface area contributed by atoms with Gasteiger partial charge in [-0.15, -0.1) is 10.2 Å². The summed E-state index contributed by atoms with van der Waals surface area (Å²) in [5.74, 6) is 0.255. The Morgan fingerprint density at radius 1 is 1.03 bits per heavy atom. The van der Waals surface area contributed by atoms with E-state index >= 15 is 0 Å². The fourth-order valence-electron chi connectivity index (χ4n) is 3.46. The Bertz CT molecular complexity index is 1070. The Balaban J connectivity index is 1.36. The van der Waals surface area contributed by atoms with Crippen LogP contribution in [0.5, 0.6) is 0 Å². The third-order valence-electron chi connectivity index (χ3n) is 5.12. The number of non-ortho nitro benzene ring substituents is 1. The summed E-state index contributed by atoms with van der Waals surface area (Å²) >= 11 is 0. The maximum absolute atomic E-state index is 13.1. The van der Waals surface area contributed by atoms with Crippen LogP contribution in [0.2, 0.25) is 0 Å². The number of nitro benzene ring substituents is 1. The first-order valence-electron chi connectivity index (χ1n) is 9.84. The zero-order valence-corrected chi connectivity index (χ0v) is 16.6. The van der Waals surface area contributed by atoms with Crippen molar-refractivity contribution in [3.63, 3.8) is 0 Å². The lowest BCUT2D eigenvalue weighted by Crippen LogP contribution is -2.35. The fourth-order valence-corrected chi connectivity index (χ4v) is 3.46. The number of amides is 1. The number of carbonyl (C=O) groups excluding carboxylic acids is 1. The standard InChI is InChI=1S/C21H20FN5O4/c22-17-6-2-16(3-7-17)21(28)26-11-1-10-25(12-13-26)14-19-23-24-20(31-19)15-4-8-18(9-5-15)27(29)30/h2-9H,1,10-14H2. The predicted octanol–water partition coefficient (Wildman–Crippen LogP) is 3.13. The molecule has 31 heavy (non-hydrogen) atoms. The van der Waals surface area contributed by atoms with Crippen molar-refractivity contribution in [3.05, 3.63) is 75.9 Å². The zero-order valence-electron chi connectivity index (χ0n) is 16.6. The van der Waals surface area contributed by atoms with Crippen LogP contribution < -0.4 is 0 Å². The van der Waals surface area contributed by atoms with Gasteiger partial charge in [-0.1, -0.05) is 0 Å². The van der Waals surface area contributed by atoms with Crippen LogP contribution in [0.4, 0.5) is 10.1 Å². The molecule has 0 unspecified atom stereocenters. The largest absolute Gasteiger partial charge is 0.419 e. The van der Waals surface area contributed by atoms with E-state index in [1.54, 1.807) is 17.0 Å². The third kappa shape index (κ3) is 4.92. The van der Waals surface area contributed by atoms with E-state index in [-0.39, 0.29) is 17.4 Å². The van der Waals surface area contributed by atoms with Crippen molar-refractivity contribution in [3.8, 4) is 11.5 Å². The van der Waals surface area contributed by atoms with Crippen LogP contribution in [-0.4, -0.2) is 57.0 Å². The van der Waals surface area contributed by atoms with Crippen LogP contribution >= 0.6 is 0 Å². The van der Waals surface area contributed by atoms with Gasteiger partial charge in [-0.25, -0.2) is 4.39 Å². The number of hydrogen-bond donors (Lipinski definition) is 0. The van der Waals surface area contributed by atoms with Gasteiger partial charge in [0.05, 0.1) is 11.5 Å². The number of nitro groups is 1. The maximum Gasteiger partial charge on any atom is 0.269 e. The Morgan fingerprint density at radius 2 is 1.77 bits per heavy atom. The minimum Gasteiger partial charge on any atom is -0.419 e. The van der Waals surface area contributed by atoms with Gasteiger partial charge >= 0.3 is 0 Å². The van der Waals surface area contributed by atoms with Crippen molar-refractivity contribution in [2.75, 3.05) is 26.2 Å². The van der Waals surface area contributed by atoms with Crippen LogP contribution in [-0.2, 0) is 6.54 Å². The lowest BCUT2D eigenvalue weighted by Gasteiger charge is -2.21. The molecule has 0 bridgehead atoms. The minimum absolute atomic E-state index is 0.00667. The molecule has 3 aromatic rings. The summed E-state index contributed by atoms with van der Waals surface area (Å²) in [6, 6.07) is 11.5. The summed E-state index contributed by atoms with van der Waals surface area (Å²) in [4.78, 5) is 26.9. The lowest BCUT2D eigenvalue weighted by atomic mass is 10.2. The van der Waals surface area contributed by atoms with E-state index in [2.05, 4.69) is 15.1 Å². The summed E-state index contributed by atoms with van der Waals surface area (Å²) in [6.07, 6.45) is 0.788. The van der Waals surface area contributed by atoms with Crippen molar-refractivity contribution in [1.82, 2.24) is 20.0 Å². The molecule has 0 saturated carbocycles. The molecule has 1 aliphatic rings. The maximum atomic E-state index is 13.1. The van der Waals surface area contributed by atoms with Crippen molar-refractivity contribution < 1.29 is 18.5 Å². The molecular weight excluding hydrogens is 405 g/mol. The van der Waals surface area contributed by atoms with E-state index in [0.29, 0.717) is 49.1 Å². The highest BCUT2D eigenvalue weighted by molar-refractivity contribution is 5.94. The zero-order chi connectivity index (χ0) is 21.8. The fraction of sp³-hybridized carbons (Fsp3) is 0.286. The first-order chi connectivity index (χ1) is 15.0. The second-order valence-electron chi connectivity index (χ2n) is 7.23. The molecule has 1 amide bonds. The van der Waals surface area contributed by atoms with Crippen LogP contribution in [0.15, 0.2) is 52.9 Å². The second kappa shape index (κ2) is 9.00. The average molecular weight is 425 g/mol. The summed E-state index contributed by atoms with van der Waals surface area (Å²) < 4.78 is 18.8. The highest BCUT2D eigenvalue weighted by Gasteiger charge is 2.22. The van der Waals surface area contributed by atoms with Gasteiger partial charge in [0.2, 0.25) is 11.8 Å². The van der Waals surface area contributed by atoms with Crippen molar-refractivity contribution in [2.24, 2.45) is 0 Å². The molecule has 0 N–H and O–H groups in total. The normalized spacial score (nSPS) is 14.9. The topological polar surface area (TPSA) is 106 Å². The molecular formula is C21H20FN5O4. The number of aromatic nitrogens is 2. The first-order valence-corrected chi connectivity index (χ1v) is 9.84. The third-order valence-corrected chi connectivity index (χ3v) is 5.12. The SMILES string of the molecule is O=C(c1ccc(F)cc1)N1CCCN(Cc2nnc(-c3ccc([N+](=O)[O-])cc3)o2)CC1. The summed E-state index contributed by atoms with van der Waals surface area (Å²) in [6.45, 7) is 3.01. The molecule has 4 rings (SSSR count). The Kier molecular flexibility index (Phi) is 5.99. The molecule has 10 heteroatoms. The molecule has 160 valence electrons. The molecule has 0 atom stereocenters. The molecule has 0 spiro atoms. The van der Waals surface area contributed by atoms with Gasteiger partial charge in [0, 0.05) is 49.4 Å². The van der Waals surface area contributed by atoms with Gasteiger partial charge < -0.3 is 9.32 Å². The number of carbonyl (C=O) groups is 1. The first kappa shape index (κ1) is 20.6. The van der Waals surface area contributed by atoms with Gasteiger partial charge in [-0.3, -0.25) is 19.8 Å². The second-order valence-corrected chi connectivity index (χ2v) is 7.23. The molecule has 9 nitrogen and oxygen atoms in total. The number of rotatable bonds is 5. The molecule has 2 aromatic carbocycles. The van der Waals surface area contributed by atoms with Gasteiger partial charge in [-0.05, 0) is 42.8 Å². The summed E-state index contributed by atoms with van der Waals surface area (Å²) in [7, 11) is 0. The molecule has 1 saturated heterocycles. The highest BCUT2D eigenvalue weighted by Crippen LogP contribution is 2.22. The van der Waals surface area contributed by atoms with Crippen LogP contribution in [0.25, 0.3) is 11.5 Å². The number of nitrogens with zero attached hydrogens (tertiary/aromatic N) is 5. The predicted molar refractivity (Wildman–Crippen MR) is 109 cm³/mol. The van der Waals surface area contributed by atoms with E-state index in [0.717, 1.165) is 13.0 Å². The van der Waals surface area contributed by atoms with Crippen LogP contribution in [0.1, 0.15) is 22.7 Å². The molecule has 1 aliphatic heterocycles. The van der Waals surface area contributed by atoms with Crippen molar-refractivity contribution in [2.45, 2.75) is 13.0 Å². The van der Waals surface area contributed by atoms with Gasteiger partial charge in [0.25, 0.3) is 11.6 Å². The van der Waals surface area contributed by atoms with Crippen molar-refractivity contribution >= 4 is 11.6 Å². The smallest absolute Gasteiger partial charge is 0.269 e. The molecule has 1 aromatic heterocycles. The van der Waals surface area contributed by atoms with Crippen LogP contribution in [0.3, 0.4) is 0 Å². The minimum atomic E-state index is -0.466. The summed E-state index contributed by atoms with van der Waals surface area (Å²) in [5.41, 5.74) is 1.07. The quantitative estimate of drug-likeness (QED) is 0.457. The number of halogens is 1. The average Bonchev–Trinajstić information content (AvgIpc) is 3.11. The Morgan fingerprint density at radius 3 is 2.48 bits per heavy atom. The number of benzene rings is 2. The van der Waals surface area contributed by atoms with Gasteiger partial charge in [0.15, 0.2) is 0 Å². The molecule has 1 fully saturated rings. The monoisotopic (exact) mass is 425 g/mol. The van der Waals surface area contributed by atoms with E-state index in [1.807, 2.05) is 0 Å². The Labute approximate surface area is 177 Å². The molecule has 0 radical (unpaired) electrons. The molecule has 2 heterocycles. The van der Waals surface area contributed by atoms with E-state index in [9.17, 15) is 19.3 Å². The van der Waals surface area contributed by atoms with E-state index in [1.165, 1.54) is 36.4 Å². The van der Waals surface area contributed by atoms with E-state index < -0.39 is 4.92 Å². The van der Waals surface area contributed by atoms with E-state index in [4.69, 9.17) is 4.42 Å². The van der Waals surface area contributed by atoms with Crippen LogP contribution in [0, 0.1) is 15.9 Å². The summed E-state index contributed by atoms with van der Waals surface area (Å²) in [5, 5.41) is 18.9. The van der Waals surface area contributed by atoms with Gasteiger partial charge in [0.1, 0.15) is 5.82 Å². The van der Waals surface area contributed by atoms with Crippen molar-refractivity contribution in [1.29, 1.82) is 0 Å². The number of hydrogen-bond acceptors (Lipinski definition) is 7. The highest BCUT2D eigenvalue weighted by atomic mass is 19.1. The van der Waals surface area contributed by atoms with Gasteiger partial charge in [-0.2, -0.15) is 0 Å². The molecule has 0 aliphatic carbocycles. The Hall–Kier alpha value is -3.66.